The summed E-state index contributed by atoms with van der Waals surface area (Å²) in [5, 5.41) is 0. The lowest BCUT2D eigenvalue weighted by atomic mass is 9.99. The average Bonchev–Trinajstić information content (AvgIpc) is 3.13. The maximum absolute atomic E-state index is 5.98. The van der Waals surface area contributed by atoms with Crippen molar-refractivity contribution in [2.24, 2.45) is 5.92 Å². The van der Waals surface area contributed by atoms with E-state index in [9.17, 15) is 0 Å². The molecule has 0 spiro atoms. The molecule has 0 saturated heterocycles. The van der Waals surface area contributed by atoms with Gasteiger partial charge in [-0.3, -0.25) is 0 Å². The Morgan fingerprint density at radius 1 is 1.38 bits per heavy atom. The number of methoxy groups -OCH3 is 1. The summed E-state index contributed by atoms with van der Waals surface area (Å²) in [4.78, 5) is 4.79. The molecular formula is C17H23ClN2O. The number of fused-ring (bicyclic) bond motifs is 1. The summed E-state index contributed by atoms with van der Waals surface area (Å²) in [5.74, 6) is 3.35. The van der Waals surface area contributed by atoms with Crippen LogP contribution in [0.15, 0.2) is 18.2 Å². The van der Waals surface area contributed by atoms with Crippen LogP contribution in [-0.2, 0) is 6.42 Å². The highest BCUT2D eigenvalue weighted by Crippen LogP contribution is 2.37. The number of imidazole rings is 1. The fourth-order valence-corrected chi connectivity index (χ4v) is 3.78. The van der Waals surface area contributed by atoms with Gasteiger partial charge in [0.1, 0.15) is 11.6 Å². The molecule has 1 aliphatic rings. The fourth-order valence-electron chi connectivity index (χ4n) is 3.62. The highest BCUT2D eigenvalue weighted by atomic mass is 35.5. The smallest absolute Gasteiger partial charge is 0.121 e. The van der Waals surface area contributed by atoms with Gasteiger partial charge < -0.3 is 9.30 Å². The normalized spacial score (nSPS) is 17.5. The van der Waals surface area contributed by atoms with E-state index in [1.165, 1.54) is 31.2 Å². The average molecular weight is 307 g/mol. The molecule has 1 aliphatic carbocycles. The molecule has 0 radical (unpaired) electrons. The first-order valence-electron chi connectivity index (χ1n) is 7.85. The predicted octanol–water partition coefficient (Wildman–Crippen LogP) is 4.58. The summed E-state index contributed by atoms with van der Waals surface area (Å²) < 4.78 is 7.78. The number of ether oxygens (including phenoxy) is 1. The molecule has 3 nitrogen and oxygen atoms in total. The van der Waals surface area contributed by atoms with Crippen molar-refractivity contribution in [3.05, 3.63) is 24.0 Å². The molecule has 1 unspecified atom stereocenters. The Morgan fingerprint density at radius 2 is 2.14 bits per heavy atom. The third-order valence-corrected chi connectivity index (χ3v) is 4.97. The SMILES string of the molecule is COc1ccc2nc(CCCl)n(C(C)C3CCCC3)c2c1. The monoisotopic (exact) mass is 306 g/mol. The molecule has 21 heavy (non-hydrogen) atoms. The quantitative estimate of drug-likeness (QED) is 0.756. The van der Waals surface area contributed by atoms with Gasteiger partial charge in [0.15, 0.2) is 0 Å². The lowest BCUT2D eigenvalue weighted by molar-refractivity contribution is 0.360. The summed E-state index contributed by atoms with van der Waals surface area (Å²) in [6.07, 6.45) is 6.18. The van der Waals surface area contributed by atoms with Crippen LogP contribution in [0.5, 0.6) is 5.75 Å². The van der Waals surface area contributed by atoms with Crippen molar-refractivity contribution >= 4 is 22.6 Å². The Hall–Kier alpha value is -1.22. The van der Waals surface area contributed by atoms with E-state index in [1.54, 1.807) is 7.11 Å². The molecule has 3 rings (SSSR count). The zero-order valence-corrected chi connectivity index (χ0v) is 13.6. The predicted molar refractivity (Wildman–Crippen MR) is 87.4 cm³/mol. The number of hydrogen-bond acceptors (Lipinski definition) is 2. The lowest BCUT2D eigenvalue weighted by Gasteiger charge is -2.23. The molecule has 0 N–H and O–H groups in total. The van der Waals surface area contributed by atoms with Gasteiger partial charge in [0.25, 0.3) is 0 Å². The highest BCUT2D eigenvalue weighted by Gasteiger charge is 2.26. The van der Waals surface area contributed by atoms with E-state index in [1.807, 2.05) is 12.1 Å². The number of aromatic nitrogens is 2. The first-order chi connectivity index (χ1) is 10.2. The molecule has 1 aromatic heterocycles. The minimum Gasteiger partial charge on any atom is -0.497 e. The summed E-state index contributed by atoms with van der Waals surface area (Å²) in [5.41, 5.74) is 2.22. The van der Waals surface area contributed by atoms with Crippen molar-refractivity contribution in [1.82, 2.24) is 9.55 Å². The van der Waals surface area contributed by atoms with Crippen molar-refractivity contribution in [2.75, 3.05) is 13.0 Å². The van der Waals surface area contributed by atoms with E-state index < -0.39 is 0 Å². The van der Waals surface area contributed by atoms with Crippen LogP contribution >= 0.6 is 11.6 Å². The second-order valence-electron chi connectivity index (χ2n) is 5.98. The van der Waals surface area contributed by atoms with Gasteiger partial charge in [-0.2, -0.15) is 0 Å². The number of rotatable bonds is 5. The third-order valence-electron chi connectivity index (χ3n) is 4.78. The van der Waals surface area contributed by atoms with Crippen LogP contribution < -0.4 is 4.74 Å². The lowest BCUT2D eigenvalue weighted by Crippen LogP contribution is -2.17. The van der Waals surface area contributed by atoms with Gasteiger partial charge in [0, 0.05) is 24.4 Å². The van der Waals surface area contributed by atoms with Crippen LogP contribution in [0.3, 0.4) is 0 Å². The third kappa shape index (κ3) is 2.76. The van der Waals surface area contributed by atoms with Crippen LogP contribution in [0.2, 0.25) is 0 Å². The number of nitrogens with zero attached hydrogens (tertiary/aromatic N) is 2. The summed E-state index contributed by atoms with van der Waals surface area (Å²) in [6, 6.07) is 6.60. The summed E-state index contributed by atoms with van der Waals surface area (Å²) >= 11 is 5.98. The van der Waals surface area contributed by atoms with Gasteiger partial charge in [-0.25, -0.2) is 4.98 Å². The number of alkyl halides is 1. The van der Waals surface area contributed by atoms with E-state index in [-0.39, 0.29) is 0 Å². The number of halogens is 1. The molecule has 0 amide bonds. The number of benzene rings is 1. The van der Waals surface area contributed by atoms with Gasteiger partial charge >= 0.3 is 0 Å². The largest absolute Gasteiger partial charge is 0.497 e. The van der Waals surface area contributed by atoms with E-state index >= 15 is 0 Å². The maximum Gasteiger partial charge on any atom is 0.121 e. The van der Waals surface area contributed by atoms with Gasteiger partial charge in [-0.1, -0.05) is 12.8 Å². The fraction of sp³-hybridized carbons (Fsp3) is 0.588. The minimum absolute atomic E-state index is 0.475. The molecule has 114 valence electrons. The Labute approximate surface area is 131 Å². The second kappa shape index (κ2) is 6.27. The first kappa shape index (κ1) is 14.7. The Kier molecular flexibility index (Phi) is 4.39. The number of hydrogen-bond donors (Lipinski definition) is 0. The van der Waals surface area contributed by atoms with Crippen LogP contribution in [0, 0.1) is 5.92 Å². The minimum atomic E-state index is 0.475. The first-order valence-corrected chi connectivity index (χ1v) is 8.39. The molecule has 0 aliphatic heterocycles. The molecule has 1 heterocycles. The molecule has 4 heteroatoms. The second-order valence-corrected chi connectivity index (χ2v) is 6.35. The molecule has 1 fully saturated rings. The topological polar surface area (TPSA) is 27.1 Å². The van der Waals surface area contributed by atoms with Crippen LogP contribution in [0.25, 0.3) is 11.0 Å². The Morgan fingerprint density at radius 3 is 2.81 bits per heavy atom. The maximum atomic E-state index is 5.98. The zero-order chi connectivity index (χ0) is 14.8. The van der Waals surface area contributed by atoms with Crippen molar-refractivity contribution in [1.29, 1.82) is 0 Å². The molecule has 2 aromatic rings. The Bertz CT molecular complexity index is 617. The van der Waals surface area contributed by atoms with Gasteiger partial charge in [-0.15, -0.1) is 11.6 Å². The summed E-state index contributed by atoms with van der Waals surface area (Å²) in [6.45, 7) is 2.33. The van der Waals surface area contributed by atoms with Crippen molar-refractivity contribution in [3.8, 4) is 5.75 Å². The standard InChI is InChI=1S/C17H23ClN2O/c1-12(13-5-3-4-6-13)20-16-11-14(21-2)7-8-15(16)19-17(20)9-10-18/h7-8,11-13H,3-6,9-10H2,1-2H3. The van der Waals surface area contributed by atoms with Gasteiger partial charge in [0.05, 0.1) is 18.1 Å². The van der Waals surface area contributed by atoms with Crippen LogP contribution in [0.4, 0.5) is 0 Å². The van der Waals surface area contributed by atoms with Crippen molar-refractivity contribution in [2.45, 2.75) is 45.1 Å². The van der Waals surface area contributed by atoms with Gasteiger partial charge in [0.2, 0.25) is 0 Å². The molecule has 0 bridgehead atoms. The van der Waals surface area contributed by atoms with E-state index in [2.05, 4.69) is 17.6 Å². The van der Waals surface area contributed by atoms with E-state index in [0.29, 0.717) is 11.9 Å². The highest BCUT2D eigenvalue weighted by molar-refractivity contribution is 6.17. The van der Waals surface area contributed by atoms with Crippen LogP contribution in [0.1, 0.15) is 44.5 Å². The zero-order valence-electron chi connectivity index (χ0n) is 12.8. The van der Waals surface area contributed by atoms with Crippen LogP contribution in [-0.4, -0.2) is 22.5 Å². The Balaban J connectivity index is 2.08. The molecule has 1 aromatic carbocycles. The number of aryl methyl sites for hydroxylation is 1. The molecular weight excluding hydrogens is 284 g/mol. The van der Waals surface area contributed by atoms with Gasteiger partial charge in [-0.05, 0) is 37.8 Å². The van der Waals surface area contributed by atoms with Crippen molar-refractivity contribution < 1.29 is 4.74 Å². The van der Waals surface area contributed by atoms with E-state index in [4.69, 9.17) is 21.3 Å². The molecule has 1 atom stereocenters. The van der Waals surface area contributed by atoms with E-state index in [0.717, 1.165) is 29.4 Å². The summed E-state index contributed by atoms with van der Waals surface area (Å²) in [7, 11) is 1.71. The van der Waals surface area contributed by atoms with Crippen molar-refractivity contribution in [3.63, 3.8) is 0 Å². The molecule has 1 saturated carbocycles.